The van der Waals surface area contributed by atoms with Gasteiger partial charge in [0.15, 0.2) is 0 Å². The van der Waals surface area contributed by atoms with Crippen LogP contribution in [0.2, 0.25) is 0 Å². The van der Waals surface area contributed by atoms with Crippen LogP contribution in [0.25, 0.3) is 0 Å². The molecule has 0 N–H and O–H groups in total. The quantitative estimate of drug-likeness (QED) is 0.790. The lowest BCUT2D eigenvalue weighted by atomic mass is 9.97. The first-order chi connectivity index (χ1) is 8.67. The Morgan fingerprint density at radius 2 is 1.89 bits per heavy atom. The first-order valence-electron chi connectivity index (χ1n) is 6.85. The van der Waals surface area contributed by atoms with Crippen LogP contribution >= 0.6 is 0 Å². The van der Waals surface area contributed by atoms with E-state index < -0.39 is 0 Å². The van der Waals surface area contributed by atoms with Crippen LogP contribution in [0.1, 0.15) is 42.4 Å². The maximum atomic E-state index is 8.96. The molecule has 0 radical (unpaired) electrons. The maximum absolute atomic E-state index is 8.96. The zero-order valence-electron chi connectivity index (χ0n) is 11.1. The molecule has 94 valence electrons. The number of fused-ring (bicyclic) bond motifs is 2. The number of benzene rings is 1. The highest BCUT2D eigenvalue weighted by Gasteiger charge is 2.41. The minimum absolute atomic E-state index is 0.411. The highest BCUT2D eigenvalue weighted by atomic mass is 16.5. The van der Waals surface area contributed by atoms with Gasteiger partial charge in [-0.1, -0.05) is 0 Å². The van der Waals surface area contributed by atoms with Crippen LogP contribution in [-0.4, -0.2) is 6.10 Å². The zero-order valence-corrected chi connectivity index (χ0v) is 11.1. The fourth-order valence-electron chi connectivity index (χ4n) is 3.68. The SMILES string of the molecule is Cc1cc(C#N)cc(C)c1OC1CC2CCC1C2. The number of ether oxygens (including phenoxy) is 1. The molecule has 3 unspecified atom stereocenters. The molecule has 3 rings (SSSR count). The summed E-state index contributed by atoms with van der Waals surface area (Å²) in [6.07, 6.45) is 5.73. The lowest BCUT2D eigenvalue weighted by Crippen LogP contribution is -2.24. The van der Waals surface area contributed by atoms with E-state index in [1.807, 2.05) is 26.0 Å². The molecule has 18 heavy (non-hydrogen) atoms. The molecule has 2 aliphatic rings. The van der Waals surface area contributed by atoms with Crippen LogP contribution < -0.4 is 4.74 Å². The molecule has 2 bridgehead atoms. The van der Waals surface area contributed by atoms with Gasteiger partial charge in [0.1, 0.15) is 11.9 Å². The molecule has 0 aliphatic heterocycles. The summed E-state index contributed by atoms with van der Waals surface area (Å²) in [5.74, 6) is 2.68. The Kier molecular flexibility index (Phi) is 2.78. The van der Waals surface area contributed by atoms with E-state index in [0.29, 0.717) is 6.10 Å². The third-order valence-electron chi connectivity index (χ3n) is 4.53. The number of nitriles is 1. The van der Waals surface area contributed by atoms with Crippen molar-refractivity contribution in [2.75, 3.05) is 0 Å². The second-order valence-electron chi connectivity index (χ2n) is 5.88. The summed E-state index contributed by atoms with van der Waals surface area (Å²) in [5.41, 5.74) is 2.91. The molecule has 0 heterocycles. The van der Waals surface area contributed by atoms with E-state index in [9.17, 15) is 0 Å². The molecule has 2 fully saturated rings. The third kappa shape index (κ3) is 1.88. The van der Waals surface area contributed by atoms with Gasteiger partial charge in [-0.2, -0.15) is 5.26 Å². The molecular formula is C16H19NO. The number of aryl methyl sites for hydroxylation is 2. The normalized spacial score (nSPS) is 29.3. The van der Waals surface area contributed by atoms with Crippen LogP contribution in [0.3, 0.4) is 0 Å². The number of rotatable bonds is 2. The lowest BCUT2D eigenvalue weighted by molar-refractivity contribution is 0.136. The molecule has 0 amide bonds. The predicted molar refractivity (Wildman–Crippen MR) is 70.5 cm³/mol. The molecule has 0 aromatic heterocycles. The molecule has 3 atom stereocenters. The minimum atomic E-state index is 0.411. The van der Waals surface area contributed by atoms with E-state index in [0.717, 1.165) is 34.3 Å². The first-order valence-corrected chi connectivity index (χ1v) is 6.85. The molecule has 1 aromatic carbocycles. The summed E-state index contributed by atoms with van der Waals surface area (Å²) in [6, 6.07) is 6.05. The first kappa shape index (κ1) is 11.6. The molecule has 2 aliphatic carbocycles. The molecule has 0 spiro atoms. The van der Waals surface area contributed by atoms with Gasteiger partial charge in [-0.3, -0.25) is 0 Å². The van der Waals surface area contributed by atoms with Crippen molar-refractivity contribution in [2.24, 2.45) is 11.8 Å². The fraction of sp³-hybridized carbons (Fsp3) is 0.562. The Morgan fingerprint density at radius 1 is 1.17 bits per heavy atom. The van der Waals surface area contributed by atoms with Gasteiger partial charge in [0, 0.05) is 0 Å². The van der Waals surface area contributed by atoms with Crippen molar-refractivity contribution in [3.8, 4) is 11.8 Å². The van der Waals surface area contributed by atoms with E-state index in [-0.39, 0.29) is 0 Å². The maximum Gasteiger partial charge on any atom is 0.125 e. The second kappa shape index (κ2) is 4.31. The summed E-state index contributed by atoms with van der Waals surface area (Å²) >= 11 is 0. The van der Waals surface area contributed by atoms with Gasteiger partial charge in [0.05, 0.1) is 11.6 Å². The van der Waals surface area contributed by atoms with Crippen LogP contribution in [0.5, 0.6) is 5.75 Å². The molecular weight excluding hydrogens is 222 g/mol. The van der Waals surface area contributed by atoms with Gasteiger partial charge in [-0.15, -0.1) is 0 Å². The van der Waals surface area contributed by atoms with Crippen molar-refractivity contribution in [1.82, 2.24) is 0 Å². The Morgan fingerprint density at radius 3 is 2.39 bits per heavy atom. The third-order valence-corrected chi connectivity index (χ3v) is 4.53. The minimum Gasteiger partial charge on any atom is -0.490 e. The fourth-order valence-corrected chi connectivity index (χ4v) is 3.68. The summed E-state index contributed by atoms with van der Waals surface area (Å²) in [5, 5.41) is 8.96. The summed E-state index contributed by atoms with van der Waals surface area (Å²) in [7, 11) is 0. The Labute approximate surface area is 109 Å². The van der Waals surface area contributed by atoms with Crippen molar-refractivity contribution in [3.05, 3.63) is 28.8 Å². The molecule has 2 saturated carbocycles. The standard InChI is InChI=1S/C16H19NO/c1-10-5-13(9-17)6-11(2)16(10)18-15-8-12-3-4-14(15)7-12/h5-6,12,14-15H,3-4,7-8H2,1-2H3. The zero-order chi connectivity index (χ0) is 12.7. The van der Waals surface area contributed by atoms with Crippen molar-refractivity contribution in [1.29, 1.82) is 5.26 Å². The highest BCUT2D eigenvalue weighted by Crippen LogP contribution is 2.46. The van der Waals surface area contributed by atoms with Gasteiger partial charge in [-0.25, -0.2) is 0 Å². The largest absolute Gasteiger partial charge is 0.490 e. The summed E-state index contributed by atoms with van der Waals surface area (Å²) in [6.45, 7) is 4.08. The summed E-state index contributed by atoms with van der Waals surface area (Å²) < 4.78 is 6.26. The van der Waals surface area contributed by atoms with Crippen molar-refractivity contribution in [2.45, 2.75) is 45.6 Å². The van der Waals surface area contributed by atoms with E-state index in [1.54, 1.807) is 0 Å². The van der Waals surface area contributed by atoms with Crippen LogP contribution in [0.15, 0.2) is 12.1 Å². The van der Waals surface area contributed by atoms with E-state index in [1.165, 1.54) is 25.7 Å². The summed E-state index contributed by atoms with van der Waals surface area (Å²) in [4.78, 5) is 0. The van der Waals surface area contributed by atoms with Crippen molar-refractivity contribution >= 4 is 0 Å². The molecule has 0 saturated heterocycles. The average Bonchev–Trinajstić information content (AvgIpc) is 2.95. The van der Waals surface area contributed by atoms with Crippen molar-refractivity contribution < 1.29 is 4.74 Å². The lowest BCUT2D eigenvalue weighted by Gasteiger charge is -2.25. The van der Waals surface area contributed by atoms with E-state index in [4.69, 9.17) is 10.00 Å². The Hall–Kier alpha value is -1.49. The van der Waals surface area contributed by atoms with Gasteiger partial charge in [0.25, 0.3) is 0 Å². The van der Waals surface area contributed by atoms with Gasteiger partial charge in [0.2, 0.25) is 0 Å². The smallest absolute Gasteiger partial charge is 0.125 e. The van der Waals surface area contributed by atoms with Crippen LogP contribution in [0.4, 0.5) is 0 Å². The van der Waals surface area contributed by atoms with Crippen LogP contribution in [0, 0.1) is 37.0 Å². The van der Waals surface area contributed by atoms with Gasteiger partial charge in [-0.05, 0) is 74.6 Å². The molecule has 1 aromatic rings. The predicted octanol–water partition coefficient (Wildman–Crippen LogP) is 3.74. The Bertz CT molecular complexity index is 491. The van der Waals surface area contributed by atoms with Gasteiger partial charge < -0.3 is 4.74 Å². The molecule has 2 nitrogen and oxygen atoms in total. The number of hydrogen-bond acceptors (Lipinski definition) is 2. The van der Waals surface area contributed by atoms with Gasteiger partial charge >= 0.3 is 0 Å². The average molecular weight is 241 g/mol. The topological polar surface area (TPSA) is 33.0 Å². The highest BCUT2D eigenvalue weighted by molar-refractivity contribution is 5.47. The van der Waals surface area contributed by atoms with E-state index >= 15 is 0 Å². The Balaban J connectivity index is 1.83. The van der Waals surface area contributed by atoms with Crippen molar-refractivity contribution in [3.63, 3.8) is 0 Å². The second-order valence-corrected chi connectivity index (χ2v) is 5.88. The monoisotopic (exact) mass is 241 g/mol. The molecule has 2 heteroatoms. The van der Waals surface area contributed by atoms with E-state index in [2.05, 4.69) is 6.07 Å². The number of nitrogens with zero attached hydrogens (tertiary/aromatic N) is 1. The number of hydrogen-bond donors (Lipinski definition) is 0. The van der Waals surface area contributed by atoms with Crippen LogP contribution in [-0.2, 0) is 0 Å².